The number of hydrogen-bond donors (Lipinski definition) is 1. The van der Waals surface area contributed by atoms with Gasteiger partial charge in [-0.3, -0.25) is 4.90 Å². The van der Waals surface area contributed by atoms with Crippen LogP contribution in [0.4, 0.5) is 0 Å². The molecule has 0 amide bonds. The van der Waals surface area contributed by atoms with Gasteiger partial charge in [-0.2, -0.15) is 0 Å². The van der Waals surface area contributed by atoms with Gasteiger partial charge in [-0.1, -0.05) is 11.6 Å². The number of aromatic nitrogens is 1. The summed E-state index contributed by atoms with van der Waals surface area (Å²) < 4.78 is 0.637. The fourth-order valence-electron chi connectivity index (χ4n) is 1.75. The van der Waals surface area contributed by atoms with Gasteiger partial charge in [0.15, 0.2) is 4.47 Å². The first-order valence-corrected chi connectivity index (χ1v) is 5.96. The van der Waals surface area contributed by atoms with Crippen molar-refractivity contribution >= 4 is 35.3 Å². The number of halogens is 2. The maximum absolute atomic E-state index is 5.78. The maximum Gasteiger partial charge on any atom is 0.183 e. The molecule has 1 fully saturated rings. The normalized spacial score (nSPS) is 20.6. The van der Waals surface area contributed by atoms with E-state index in [1.165, 1.54) is 11.3 Å². The van der Waals surface area contributed by atoms with Crippen LogP contribution >= 0.6 is 35.3 Å². The highest BCUT2D eigenvalue weighted by molar-refractivity contribution is 7.15. The molecule has 1 aromatic rings. The van der Waals surface area contributed by atoms with Gasteiger partial charge in [0.2, 0.25) is 0 Å². The second kappa shape index (κ2) is 6.01. The molecule has 1 N–H and O–H groups in total. The topological polar surface area (TPSA) is 28.2 Å². The molecule has 2 rings (SSSR count). The molecule has 0 unspecified atom stereocenters. The molecule has 3 nitrogen and oxygen atoms in total. The molecule has 0 saturated carbocycles. The standard InChI is InChI=1S/C9H14ClN3S.ClH/c1-13(7-2-3-11-4-7)6-8-5-12-9(10)14-8;/h5,7,11H,2-4,6H2,1H3;1H/t7-;/m1./s1. The molecular formula is C9H15Cl2N3S. The summed E-state index contributed by atoms with van der Waals surface area (Å²) in [4.78, 5) is 7.64. The van der Waals surface area contributed by atoms with Crippen LogP contribution < -0.4 is 5.32 Å². The van der Waals surface area contributed by atoms with Crippen LogP contribution in [0.15, 0.2) is 6.20 Å². The van der Waals surface area contributed by atoms with E-state index < -0.39 is 0 Å². The fraction of sp³-hybridized carbons (Fsp3) is 0.667. The van der Waals surface area contributed by atoms with Gasteiger partial charge in [-0.15, -0.1) is 23.7 Å². The molecule has 15 heavy (non-hydrogen) atoms. The van der Waals surface area contributed by atoms with Gasteiger partial charge < -0.3 is 5.32 Å². The number of likely N-dealkylation sites (N-methyl/N-ethyl adjacent to an activating group) is 1. The molecule has 0 bridgehead atoms. The Morgan fingerprint density at radius 3 is 3.07 bits per heavy atom. The Bertz CT molecular complexity index is 299. The van der Waals surface area contributed by atoms with Crippen LogP contribution in [0.3, 0.4) is 0 Å². The molecule has 1 aromatic heterocycles. The molecule has 0 aromatic carbocycles. The number of hydrogen-bond acceptors (Lipinski definition) is 4. The van der Waals surface area contributed by atoms with Crippen molar-refractivity contribution in [3.05, 3.63) is 15.5 Å². The Hall–Kier alpha value is 0.130. The monoisotopic (exact) mass is 267 g/mol. The zero-order chi connectivity index (χ0) is 9.97. The number of nitrogens with one attached hydrogen (secondary N) is 1. The van der Waals surface area contributed by atoms with Crippen LogP contribution in [-0.2, 0) is 6.54 Å². The first-order chi connectivity index (χ1) is 6.75. The lowest BCUT2D eigenvalue weighted by Crippen LogP contribution is -2.32. The summed E-state index contributed by atoms with van der Waals surface area (Å²) >= 11 is 7.35. The summed E-state index contributed by atoms with van der Waals surface area (Å²) in [6.45, 7) is 3.19. The van der Waals surface area contributed by atoms with E-state index in [1.54, 1.807) is 11.3 Å². The third kappa shape index (κ3) is 3.57. The quantitative estimate of drug-likeness (QED) is 0.909. The predicted molar refractivity (Wildman–Crippen MR) is 67.1 cm³/mol. The van der Waals surface area contributed by atoms with Gasteiger partial charge in [0.05, 0.1) is 0 Å². The van der Waals surface area contributed by atoms with Gasteiger partial charge >= 0.3 is 0 Å². The fourth-order valence-corrected chi connectivity index (χ4v) is 2.79. The van der Waals surface area contributed by atoms with Crippen molar-refractivity contribution in [1.29, 1.82) is 0 Å². The minimum Gasteiger partial charge on any atom is -0.315 e. The van der Waals surface area contributed by atoms with E-state index in [4.69, 9.17) is 11.6 Å². The second-order valence-corrected chi connectivity index (χ2v) is 5.34. The van der Waals surface area contributed by atoms with Gasteiger partial charge in [-0.05, 0) is 20.0 Å². The van der Waals surface area contributed by atoms with Crippen LogP contribution in [0.2, 0.25) is 4.47 Å². The SMILES string of the molecule is CN(Cc1cnc(Cl)s1)[C@@H]1CCNC1.Cl. The number of thiazole rings is 1. The van der Waals surface area contributed by atoms with Gasteiger partial charge in [-0.25, -0.2) is 4.98 Å². The third-order valence-corrected chi connectivity index (χ3v) is 3.69. The molecule has 0 aliphatic carbocycles. The smallest absolute Gasteiger partial charge is 0.183 e. The van der Waals surface area contributed by atoms with E-state index in [0.717, 1.165) is 19.6 Å². The zero-order valence-electron chi connectivity index (χ0n) is 8.57. The summed E-state index contributed by atoms with van der Waals surface area (Å²) in [5.41, 5.74) is 0. The van der Waals surface area contributed by atoms with Crippen molar-refractivity contribution in [2.75, 3.05) is 20.1 Å². The van der Waals surface area contributed by atoms with E-state index >= 15 is 0 Å². The molecular weight excluding hydrogens is 253 g/mol. The van der Waals surface area contributed by atoms with Gasteiger partial charge in [0, 0.05) is 30.2 Å². The Kier molecular flexibility index (Phi) is 5.29. The first-order valence-electron chi connectivity index (χ1n) is 4.77. The average molecular weight is 268 g/mol. The summed E-state index contributed by atoms with van der Waals surface area (Å²) in [5.74, 6) is 0. The first kappa shape index (κ1) is 13.2. The van der Waals surface area contributed by atoms with Crippen molar-refractivity contribution in [2.24, 2.45) is 0 Å². The average Bonchev–Trinajstić information content (AvgIpc) is 2.75. The van der Waals surface area contributed by atoms with E-state index in [2.05, 4.69) is 22.2 Å². The molecule has 0 radical (unpaired) electrons. The van der Waals surface area contributed by atoms with Crippen LogP contribution in [-0.4, -0.2) is 36.1 Å². The molecule has 1 atom stereocenters. The summed E-state index contributed by atoms with van der Waals surface area (Å²) in [7, 11) is 2.16. The lowest BCUT2D eigenvalue weighted by Gasteiger charge is -2.22. The van der Waals surface area contributed by atoms with Crippen molar-refractivity contribution in [2.45, 2.75) is 19.0 Å². The predicted octanol–water partition coefficient (Wildman–Crippen LogP) is 2.01. The maximum atomic E-state index is 5.78. The molecule has 2 heterocycles. The Morgan fingerprint density at radius 2 is 2.53 bits per heavy atom. The van der Waals surface area contributed by atoms with Crippen LogP contribution in [0.25, 0.3) is 0 Å². The van der Waals surface area contributed by atoms with Gasteiger partial charge in [0.1, 0.15) is 0 Å². The Labute approximate surface area is 105 Å². The molecule has 0 spiro atoms. The Morgan fingerprint density at radius 1 is 1.73 bits per heavy atom. The van der Waals surface area contributed by atoms with E-state index in [1.807, 2.05) is 6.20 Å². The molecule has 1 aliphatic rings. The van der Waals surface area contributed by atoms with Crippen LogP contribution in [0.1, 0.15) is 11.3 Å². The number of nitrogens with zero attached hydrogens (tertiary/aromatic N) is 2. The minimum absolute atomic E-state index is 0. The zero-order valence-corrected chi connectivity index (χ0v) is 11.0. The Balaban J connectivity index is 0.00000112. The number of rotatable bonds is 3. The van der Waals surface area contributed by atoms with E-state index in [-0.39, 0.29) is 12.4 Å². The van der Waals surface area contributed by atoms with Gasteiger partial charge in [0.25, 0.3) is 0 Å². The second-order valence-electron chi connectivity index (χ2n) is 3.64. The molecule has 86 valence electrons. The van der Waals surface area contributed by atoms with Crippen molar-refractivity contribution in [3.63, 3.8) is 0 Å². The molecule has 1 saturated heterocycles. The van der Waals surface area contributed by atoms with Crippen molar-refractivity contribution < 1.29 is 0 Å². The summed E-state index contributed by atoms with van der Waals surface area (Å²) in [6.07, 6.45) is 3.11. The van der Waals surface area contributed by atoms with Crippen LogP contribution in [0, 0.1) is 0 Å². The highest BCUT2D eigenvalue weighted by Crippen LogP contribution is 2.20. The van der Waals surface area contributed by atoms with E-state index in [0.29, 0.717) is 10.5 Å². The van der Waals surface area contributed by atoms with Crippen molar-refractivity contribution in [1.82, 2.24) is 15.2 Å². The molecule has 6 heteroatoms. The van der Waals surface area contributed by atoms with Crippen molar-refractivity contribution in [3.8, 4) is 0 Å². The molecule has 1 aliphatic heterocycles. The minimum atomic E-state index is 0. The lowest BCUT2D eigenvalue weighted by atomic mass is 10.2. The summed E-state index contributed by atoms with van der Waals surface area (Å²) in [5, 5.41) is 3.36. The van der Waals surface area contributed by atoms with E-state index in [9.17, 15) is 0 Å². The van der Waals surface area contributed by atoms with Crippen LogP contribution in [0.5, 0.6) is 0 Å². The highest BCUT2D eigenvalue weighted by atomic mass is 35.5. The lowest BCUT2D eigenvalue weighted by molar-refractivity contribution is 0.251. The highest BCUT2D eigenvalue weighted by Gasteiger charge is 2.19. The largest absolute Gasteiger partial charge is 0.315 e. The third-order valence-electron chi connectivity index (χ3n) is 2.59. The summed E-state index contributed by atoms with van der Waals surface area (Å²) in [6, 6.07) is 0.663.